The van der Waals surface area contributed by atoms with Crippen molar-refractivity contribution in [2.24, 2.45) is 4.99 Å². The van der Waals surface area contributed by atoms with E-state index in [2.05, 4.69) is 52.4 Å². The summed E-state index contributed by atoms with van der Waals surface area (Å²) in [6, 6.07) is 21.8. The van der Waals surface area contributed by atoms with Crippen LogP contribution in [0.4, 0.5) is 0 Å². The maximum Gasteiger partial charge on any atom is 0.126 e. The molecule has 4 rings (SSSR count). The minimum Gasteiger partial charge on any atom is -0.508 e. The van der Waals surface area contributed by atoms with Gasteiger partial charge < -0.3 is 9.84 Å². The van der Waals surface area contributed by atoms with E-state index in [1.54, 1.807) is 13.2 Å². The van der Waals surface area contributed by atoms with Gasteiger partial charge in [0.15, 0.2) is 0 Å². The van der Waals surface area contributed by atoms with Crippen LogP contribution in [0.25, 0.3) is 0 Å². The van der Waals surface area contributed by atoms with E-state index in [9.17, 15) is 5.11 Å². The van der Waals surface area contributed by atoms with E-state index in [0.717, 1.165) is 32.6 Å². The van der Waals surface area contributed by atoms with Crippen molar-refractivity contribution in [2.75, 3.05) is 7.11 Å². The predicted octanol–water partition coefficient (Wildman–Crippen LogP) is 5.69. The third-order valence-corrected chi connectivity index (χ3v) is 5.72. The topological polar surface area (TPSA) is 53.9 Å². The van der Waals surface area contributed by atoms with Crippen molar-refractivity contribution in [2.45, 2.75) is 25.6 Å². The summed E-state index contributed by atoms with van der Waals surface area (Å²) in [7, 11) is 1.66. The molecule has 1 aliphatic heterocycles. The maximum absolute atomic E-state index is 10.5. The number of halogens is 1. The lowest BCUT2D eigenvalue weighted by atomic mass is 9.93. The van der Waals surface area contributed by atoms with Crippen LogP contribution >= 0.6 is 15.9 Å². The number of nitrogens with one attached hydrogen (secondary N) is 1. The van der Waals surface area contributed by atoms with Crippen molar-refractivity contribution in [3.05, 3.63) is 93.5 Å². The predicted molar refractivity (Wildman–Crippen MR) is 120 cm³/mol. The van der Waals surface area contributed by atoms with Gasteiger partial charge >= 0.3 is 0 Å². The highest BCUT2D eigenvalue weighted by molar-refractivity contribution is 9.10. The largest absolute Gasteiger partial charge is 0.508 e. The first kappa shape index (κ1) is 19.7. The summed E-state index contributed by atoms with van der Waals surface area (Å²) in [4.78, 5) is 5.01. The van der Waals surface area contributed by atoms with Gasteiger partial charge in [0.05, 0.1) is 7.11 Å². The molecule has 0 aromatic heterocycles. The molecule has 29 heavy (non-hydrogen) atoms. The van der Waals surface area contributed by atoms with Gasteiger partial charge in [-0.2, -0.15) is 0 Å². The average Bonchev–Trinajstić information content (AvgIpc) is 2.75. The van der Waals surface area contributed by atoms with E-state index in [0.29, 0.717) is 6.42 Å². The van der Waals surface area contributed by atoms with Gasteiger partial charge in [-0.3, -0.25) is 10.3 Å². The Bertz CT molecular complexity index is 1030. The Morgan fingerprint density at radius 1 is 1.03 bits per heavy atom. The molecule has 0 fully saturated rings. The number of hydrogen-bond donors (Lipinski definition) is 2. The van der Waals surface area contributed by atoms with Crippen molar-refractivity contribution < 1.29 is 9.84 Å². The molecule has 3 aromatic rings. The summed E-state index contributed by atoms with van der Waals surface area (Å²) < 4.78 is 6.22. The first-order valence-corrected chi connectivity index (χ1v) is 10.3. The molecule has 1 aliphatic rings. The van der Waals surface area contributed by atoms with Crippen LogP contribution in [0.1, 0.15) is 40.9 Å². The zero-order valence-corrected chi connectivity index (χ0v) is 18.0. The normalized spacial score (nSPS) is 18.9. The first-order chi connectivity index (χ1) is 14.0. The van der Waals surface area contributed by atoms with Crippen molar-refractivity contribution in [3.8, 4) is 11.5 Å². The molecular weight excluding hydrogens is 428 g/mol. The molecule has 5 heteroatoms. The number of hydrogen-bond acceptors (Lipinski definition) is 4. The quantitative estimate of drug-likeness (QED) is 0.536. The number of methoxy groups -OCH3 is 1. The Hall–Kier alpha value is -2.63. The second-order valence-electron chi connectivity index (χ2n) is 7.24. The second kappa shape index (κ2) is 8.39. The first-order valence-electron chi connectivity index (χ1n) is 9.55. The molecule has 4 nitrogen and oxygen atoms in total. The Balaban J connectivity index is 1.74. The summed E-state index contributed by atoms with van der Waals surface area (Å²) in [6.45, 7) is 2.08. The highest BCUT2D eigenvalue weighted by atomic mass is 79.9. The van der Waals surface area contributed by atoms with Crippen molar-refractivity contribution in [1.82, 2.24) is 5.32 Å². The van der Waals surface area contributed by atoms with E-state index in [-0.39, 0.29) is 18.0 Å². The number of ether oxygens (including phenoxy) is 1. The monoisotopic (exact) mass is 450 g/mol. The fraction of sp³-hybridized carbons (Fsp3) is 0.208. The molecule has 0 bridgehead atoms. The molecule has 3 aromatic carbocycles. The van der Waals surface area contributed by atoms with Crippen LogP contribution in [-0.4, -0.2) is 17.9 Å². The zero-order valence-electron chi connectivity index (χ0n) is 16.4. The summed E-state index contributed by atoms with van der Waals surface area (Å²) in [5.41, 5.74) is 5.26. The number of aliphatic imine (C=N–C) groups is 1. The average molecular weight is 451 g/mol. The lowest BCUT2D eigenvalue weighted by Gasteiger charge is -2.31. The van der Waals surface area contributed by atoms with Crippen LogP contribution in [0, 0.1) is 6.92 Å². The molecule has 0 unspecified atom stereocenters. The van der Waals surface area contributed by atoms with Gasteiger partial charge in [-0.15, -0.1) is 0 Å². The third kappa shape index (κ3) is 4.36. The van der Waals surface area contributed by atoms with E-state index in [1.807, 2.05) is 36.4 Å². The fourth-order valence-corrected chi connectivity index (χ4v) is 3.97. The highest BCUT2D eigenvalue weighted by Crippen LogP contribution is 2.36. The number of phenolic OH excluding ortho intramolecular Hbond substituents is 1. The Morgan fingerprint density at radius 2 is 1.76 bits per heavy atom. The lowest BCUT2D eigenvalue weighted by Crippen LogP contribution is -2.33. The van der Waals surface area contributed by atoms with Crippen molar-refractivity contribution in [3.63, 3.8) is 0 Å². The van der Waals surface area contributed by atoms with Gasteiger partial charge in [0, 0.05) is 28.2 Å². The van der Waals surface area contributed by atoms with Gasteiger partial charge in [0.1, 0.15) is 17.7 Å². The number of rotatable bonds is 4. The van der Waals surface area contributed by atoms with Gasteiger partial charge in [0.25, 0.3) is 0 Å². The molecule has 2 N–H and O–H groups in total. The number of nitrogens with zero attached hydrogens (tertiary/aromatic N) is 1. The maximum atomic E-state index is 10.5. The minimum absolute atomic E-state index is 0.0617. The molecule has 0 aliphatic carbocycles. The van der Waals surface area contributed by atoms with Crippen LogP contribution in [0.5, 0.6) is 11.5 Å². The molecule has 0 amide bonds. The van der Waals surface area contributed by atoms with Crippen LogP contribution in [0.15, 0.2) is 76.2 Å². The van der Waals surface area contributed by atoms with E-state index in [1.165, 1.54) is 5.56 Å². The fourth-order valence-electron chi connectivity index (χ4n) is 3.59. The van der Waals surface area contributed by atoms with E-state index < -0.39 is 0 Å². The zero-order chi connectivity index (χ0) is 20.4. The standard InChI is InChI=1S/C24H23BrN2O2/c1-15-3-5-16(6-4-15)21-14-22(20-13-18(25)9-12-23(20)28)27-24(26-21)17-7-10-19(29-2)11-8-17/h3-13,22,24,27-28H,14H2,1-2H3/t22-,24-/m1/s1. The molecule has 148 valence electrons. The summed E-state index contributed by atoms with van der Waals surface area (Å²) >= 11 is 3.52. The number of benzene rings is 3. The van der Waals surface area contributed by atoms with E-state index >= 15 is 0 Å². The Labute approximate surface area is 179 Å². The smallest absolute Gasteiger partial charge is 0.126 e. The van der Waals surface area contributed by atoms with E-state index in [4.69, 9.17) is 9.73 Å². The van der Waals surface area contributed by atoms with Crippen molar-refractivity contribution in [1.29, 1.82) is 0 Å². The molecular formula is C24H23BrN2O2. The molecule has 0 radical (unpaired) electrons. The number of aromatic hydroxyl groups is 1. The Kier molecular flexibility index (Phi) is 5.69. The van der Waals surface area contributed by atoms with Crippen LogP contribution < -0.4 is 10.1 Å². The number of aryl methyl sites for hydroxylation is 1. The van der Waals surface area contributed by atoms with Gasteiger partial charge in [-0.25, -0.2) is 0 Å². The summed E-state index contributed by atoms with van der Waals surface area (Å²) in [5.74, 6) is 1.10. The van der Waals surface area contributed by atoms with Crippen LogP contribution in [0.2, 0.25) is 0 Å². The van der Waals surface area contributed by atoms with Gasteiger partial charge in [0.2, 0.25) is 0 Å². The molecule has 1 heterocycles. The van der Waals surface area contributed by atoms with Crippen LogP contribution in [-0.2, 0) is 0 Å². The SMILES string of the molecule is COc1ccc([C@@H]2N=C(c3ccc(C)cc3)C[C@H](c3cc(Br)ccc3O)N2)cc1. The summed E-state index contributed by atoms with van der Waals surface area (Å²) in [5, 5.41) is 14.1. The lowest BCUT2D eigenvalue weighted by molar-refractivity contribution is 0.408. The highest BCUT2D eigenvalue weighted by Gasteiger charge is 2.27. The summed E-state index contributed by atoms with van der Waals surface area (Å²) in [6.07, 6.45) is 0.481. The molecule has 0 saturated heterocycles. The van der Waals surface area contributed by atoms with Crippen molar-refractivity contribution >= 4 is 21.6 Å². The third-order valence-electron chi connectivity index (χ3n) is 5.22. The van der Waals surface area contributed by atoms with Gasteiger partial charge in [-0.05, 0) is 48.4 Å². The molecule has 0 saturated carbocycles. The molecule has 0 spiro atoms. The van der Waals surface area contributed by atoms with Crippen LogP contribution in [0.3, 0.4) is 0 Å². The molecule has 2 atom stereocenters. The number of phenols is 1. The van der Waals surface area contributed by atoms with Gasteiger partial charge in [-0.1, -0.05) is 57.9 Å². The Morgan fingerprint density at radius 3 is 2.45 bits per heavy atom. The second-order valence-corrected chi connectivity index (χ2v) is 8.16. The minimum atomic E-state index is -0.214.